The molecule has 1 aromatic heterocycles. The number of aromatic amines is 1. The quantitative estimate of drug-likeness (QED) is 0.631. The Morgan fingerprint density at radius 2 is 2.23 bits per heavy atom. The second-order valence-electron chi connectivity index (χ2n) is 5.41. The zero-order valence-electron chi connectivity index (χ0n) is 12.6. The van der Waals surface area contributed by atoms with E-state index in [4.69, 9.17) is 0 Å². The van der Waals surface area contributed by atoms with Crippen LogP contribution in [0.3, 0.4) is 0 Å². The first kappa shape index (κ1) is 15.3. The number of benzene rings is 1. The van der Waals surface area contributed by atoms with Crippen molar-refractivity contribution in [1.82, 2.24) is 20.5 Å². The molecule has 1 unspecified atom stereocenters. The number of H-pyrrole nitrogens is 1. The average Bonchev–Trinajstić information content (AvgIpc) is 3.14. The van der Waals surface area contributed by atoms with Gasteiger partial charge in [0.2, 0.25) is 5.16 Å². The molecule has 0 spiro atoms. The standard InChI is InChI=1S/C15H20FN5S/c1-11-18-15(20-19-11)22-9-7-17-13-6-8-21(10-13)14-4-2-12(16)3-5-14/h2-5,13,17H,6-10H2,1H3,(H,18,19,20). The fourth-order valence-electron chi connectivity index (χ4n) is 2.61. The van der Waals surface area contributed by atoms with Crippen LogP contribution in [0.2, 0.25) is 0 Å². The van der Waals surface area contributed by atoms with Gasteiger partial charge in [0, 0.05) is 37.1 Å². The molecule has 0 aliphatic carbocycles. The Morgan fingerprint density at radius 1 is 1.41 bits per heavy atom. The van der Waals surface area contributed by atoms with E-state index in [0.717, 1.165) is 48.5 Å². The van der Waals surface area contributed by atoms with Gasteiger partial charge in [-0.25, -0.2) is 9.37 Å². The molecule has 1 fully saturated rings. The molecule has 1 aromatic carbocycles. The Kier molecular flexibility index (Phi) is 4.94. The maximum Gasteiger partial charge on any atom is 0.208 e. The van der Waals surface area contributed by atoms with Crippen molar-refractivity contribution in [2.45, 2.75) is 24.5 Å². The molecular weight excluding hydrogens is 301 g/mol. The molecule has 0 radical (unpaired) electrons. The van der Waals surface area contributed by atoms with Crippen LogP contribution in [0, 0.1) is 12.7 Å². The van der Waals surface area contributed by atoms with Gasteiger partial charge in [-0.1, -0.05) is 11.8 Å². The van der Waals surface area contributed by atoms with E-state index in [-0.39, 0.29) is 5.82 Å². The highest BCUT2D eigenvalue weighted by atomic mass is 32.2. The molecular formula is C15H20FN5S. The molecule has 0 saturated carbocycles. The lowest BCUT2D eigenvalue weighted by Crippen LogP contribution is -2.33. The molecule has 22 heavy (non-hydrogen) atoms. The molecule has 7 heteroatoms. The van der Waals surface area contributed by atoms with Crippen LogP contribution in [0.1, 0.15) is 12.2 Å². The highest BCUT2D eigenvalue weighted by molar-refractivity contribution is 7.99. The molecule has 1 atom stereocenters. The van der Waals surface area contributed by atoms with Gasteiger partial charge in [0.1, 0.15) is 11.6 Å². The summed E-state index contributed by atoms with van der Waals surface area (Å²) in [5.41, 5.74) is 1.09. The Labute approximate surface area is 133 Å². The van der Waals surface area contributed by atoms with Crippen molar-refractivity contribution in [3.63, 3.8) is 0 Å². The van der Waals surface area contributed by atoms with Crippen LogP contribution in [0.5, 0.6) is 0 Å². The number of thioether (sulfide) groups is 1. The van der Waals surface area contributed by atoms with Crippen molar-refractivity contribution in [2.24, 2.45) is 0 Å². The number of aryl methyl sites for hydroxylation is 1. The van der Waals surface area contributed by atoms with Crippen molar-refractivity contribution in [1.29, 1.82) is 0 Å². The van der Waals surface area contributed by atoms with Gasteiger partial charge in [0.15, 0.2) is 0 Å². The van der Waals surface area contributed by atoms with Gasteiger partial charge in [-0.15, -0.1) is 5.10 Å². The van der Waals surface area contributed by atoms with Crippen LogP contribution >= 0.6 is 11.8 Å². The van der Waals surface area contributed by atoms with Gasteiger partial charge >= 0.3 is 0 Å². The van der Waals surface area contributed by atoms with E-state index >= 15 is 0 Å². The summed E-state index contributed by atoms with van der Waals surface area (Å²) in [5.74, 6) is 1.61. The molecule has 2 N–H and O–H groups in total. The van der Waals surface area contributed by atoms with E-state index in [1.54, 1.807) is 11.8 Å². The van der Waals surface area contributed by atoms with Gasteiger partial charge in [0.05, 0.1) is 0 Å². The summed E-state index contributed by atoms with van der Waals surface area (Å²) in [6.45, 7) is 4.81. The Morgan fingerprint density at radius 3 is 2.95 bits per heavy atom. The summed E-state index contributed by atoms with van der Waals surface area (Å²) >= 11 is 1.65. The minimum Gasteiger partial charge on any atom is -0.370 e. The lowest BCUT2D eigenvalue weighted by molar-refractivity contribution is 0.574. The number of rotatable bonds is 6. The SMILES string of the molecule is Cc1nc(SCCNC2CCN(c3ccc(F)cc3)C2)n[nH]1. The molecule has 2 heterocycles. The lowest BCUT2D eigenvalue weighted by atomic mass is 10.2. The number of hydrogen-bond donors (Lipinski definition) is 2. The van der Waals surface area contributed by atoms with Crippen molar-refractivity contribution in [2.75, 3.05) is 30.3 Å². The van der Waals surface area contributed by atoms with Crippen molar-refractivity contribution < 1.29 is 4.39 Å². The fourth-order valence-corrected chi connectivity index (χ4v) is 3.32. The van der Waals surface area contributed by atoms with E-state index in [2.05, 4.69) is 25.4 Å². The predicted octanol–water partition coefficient (Wildman–Crippen LogP) is 2.21. The molecule has 2 aromatic rings. The molecule has 0 amide bonds. The maximum atomic E-state index is 13.0. The van der Waals surface area contributed by atoms with Gasteiger partial charge in [-0.2, -0.15) is 0 Å². The van der Waals surface area contributed by atoms with E-state index < -0.39 is 0 Å². The number of anilines is 1. The van der Waals surface area contributed by atoms with Gasteiger partial charge < -0.3 is 10.2 Å². The minimum absolute atomic E-state index is 0.183. The summed E-state index contributed by atoms with van der Waals surface area (Å²) in [6.07, 6.45) is 1.11. The van der Waals surface area contributed by atoms with E-state index in [0.29, 0.717) is 6.04 Å². The van der Waals surface area contributed by atoms with Gasteiger partial charge in [-0.3, -0.25) is 5.10 Å². The summed E-state index contributed by atoms with van der Waals surface area (Å²) < 4.78 is 13.0. The Bertz CT molecular complexity index is 600. The first-order valence-electron chi connectivity index (χ1n) is 7.46. The summed E-state index contributed by atoms with van der Waals surface area (Å²) in [6, 6.07) is 7.22. The van der Waals surface area contributed by atoms with Crippen LogP contribution in [0.4, 0.5) is 10.1 Å². The van der Waals surface area contributed by atoms with E-state index in [1.165, 1.54) is 12.1 Å². The smallest absolute Gasteiger partial charge is 0.208 e. The summed E-state index contributed by atoms with van der Waals surface area (Å²) in [7, 11) is 0. The van der Waals surface area contributed by atoms with Crippen molar-refractivity contribution in [3.05, 3.63) is 35.9 Å². The molecule has 118 valence electrons. The second kappa shape index (κ2) is 7.11. The third kappa shape index (κ3) is 3.98. The monoisotopic (exact) mass is 321 g/mol. The van der Waals surface area contributed by atoms with E-state index in [9.17, 15) is 4.39 Å². The van der Waals surface area contributed by atoms with Crippen molar-refractivity contribution >= 4 is 17.4 Å². The Hall–Kier alpha value is -1.60. The fraction of sp³-hybridized carbons (Fsp3) is 0.467. The Balaban J connectivity index is 1.38. The van der Waals surface area contributed by atoms with Crippen LogP contribution in [0.25, 0.3) is 0 Å². The summed E-state index contributed by atoms with van der Waals surface area (Å²) in [4.78, 5) is 6.56. The first-order valence-corrected chi connectivity index (χ1v) is 8.45. The number of nitrogens with one attached hydrogen (secondary N) is 2. The maximum absolute atomic E-state index is 13.0. The van der Waals surface area contributed by atoms with Crippen LogP contribution in [-0.4, -0.2) is 46.6 Å². The molecule has 1 aliphatic rings. The number of hydrogen-bond acceptors (Lipinski definition) is 5. The zero-order valence-corrected chi connectivity index (χ0v) is 13.4. The zero-order chi connectivity index (χ0) is 15.4. The van der Waals surface area contributed by atoms with Gasteiger partial charge in [0.25, 0.3) is 0 Å². The molecule has 1 saturated heterocycles. The molecule has 5 nitrogen and oxygen atoms in total. The lowest BCUT2D eigenvalue weighted by Gasteiger charge is -2.19. The first-order chi connectivity index (χ1) is 10.7. The molecule has 3 rings (SSSR count). The highest BCUT2D eigenvalue weighted by Crippen LogP contribution is 2.20. The summed E-state index contributed by atoms with van der Waals surface area (Å²) in [5, 5.41) is 11.3. The largest absolute Gasteiger partial charge is 0.370 e. The van der Waals surface area contributed by atoms with E-state index in [1.807, 2.05) is 19.1 Å². The number of nitrogens with zero attached hydrogens (tertiary/aromatic N) is 3. The van der Waals surface area contributed by atoms with Crippen LogP contribution < -0.4 is 10.2 Å². The average molecular weight is 321 g/mol. The topological polar surface area (TPSA) is 56.8 Å². The third-order valence-electron chi connectivity index (χ3n) is 3.72. The van der Waals surface area contributed by atoms with Gasteiger partial charge in [-0.05, 0) is 37.6 Å². The van der Waals surface area contributed by atoms with Crippen molar-refractivity contribution in [3.8, 4) is 0 Å². The minimum atomic E-state index is -0.183. The highest BCUT2D eigenvalue weighted by Gasteiger charge is 2.22. The molecule has 1 aliphatic heterocycles. The van der Waals surface area contributed by atoms with Crippen LogP contribution in [-0.2, 0) is 0 Å². The third-order valence-corrected chi connectivity index (χ3v) is 4.57. The normalized spacial score (nSPS) is 18.1. The predicted molar refractivity (Wildman–Crippen MR) is 86.9 cm³/mol. The van der Waals surface area contributed by atoms with Crippen LogP contribution in [0.15, 0.2) is 29.4 Å². The number of aromatic nitrogens is 3. The number of halogens is 1. The second-order valence-corrected chi connectivity index (χ2v) is 6.48. The molecule has 0 bridgehead atoms.